The van der Waals surface area contributed by atoms with E-state index in [1.807, 2.05) is 0 Å². The number of benzene rings is 1. The predicted octanol–water partition coefficient (Wildman–Crippen LogP) is 4.44. The quantitative estimate of drug-likeness (QED) is 0.580. The summed E-state index contributed by atoms with van der Waals surface area (Å²) < 4.78 is 69.4. The summed E-state index contributed by atoms with van der Waals surface area (Å²) in [6.45, 7) is 8.81. The zero-order valence-corrected chi connectivity index (χ0v) is 20.7. The molecule has 2 heterocycles. The molecule has 0 radical (unpaired) electrons. The van der Waals surface area contributed by atoms with E-state index in [-0.39, 0.29) is 22.9 Å². The molecule has 1 aromatic carbocycles. The highest BCUT2D eigenvalue weighted by Gasteiger charge is 2.43. The molecule has 0 atom stereocenters. The molecule has 0 saturated carbocycles. The lowest BCUT2D eigenvalue weighted by Gasteiger charge is -2.53. The average molecular weight is 503 g/mol. The van der Waals surface area contributed by atoms with Crippen molar-refractivity contribution < 1.29 is 30.5 Å². The lowest BCUT2D eigenvalue weighted by Crippen LogP contribution is -2.61. The van der Waals surface area contributed by atoms with Crippen LogP contribution >= 0.6 is 0 Å². The van der Waals surface area contributed by atoms with E-state index in [0.29, 0.717) is 17.1 Å². The molecule has 188 valence electrons. The summed E-state index contributed by atoms with van der Waals surface area (Å²) in [6.07, 6.45) is -3.50. The average Bonchev–Trinajstić information content (AvgIpc) is 2.70. The third kappa shape index (κ3) is 5.78. The van der Waals surface area contributed by atoms with Gasteiger partial charge in [-0.3, -0.25) is 4.90 Å². The highest BCUT2D eigenvalue weighted by atomic mass is 32.2. The Bertz CT molecular complexity index is 1120. The van der Waals surface area contributed by atoms with Crippen LogP contribution in [0.25, 0.3) is 11.3 Å². The summed E-state index contributed by atoms with van der Waals surface area (Å²) in [6, 6.07) is 6.86. The van der Waals surface area contributed by atoms with Gasteiger partial charge in [0.15, 0.2) is 0 Å². The van der Waals surface area contributed by atoms with Crippen LogP contribution in [-0.2, 0) is 14.3 Å². The monoisotopic (exact) mass is 502 g/mol. The van der Waals surface area contributed by atoms with Crippen molar-refractivity contribution in [1.29, 1.82) is 0 Å². The SMILES string of the molecule is COc1cc(S(=O)(=O)OC(F)(F)F)ccc1-c1ccc(NC2CC(C)(C)N(C)C(C)(C)C2)nn1. The molecule has 0 unspecified atom stereocenters. The lowest BCUT2D eigenvalue weighted by molar-refractivity contribution is -0.271. The molecule has 1 aromatic heterocycles. The van der Waals surface area contributed by atoms with E-state index in [9.17, 15) is 21.6 Å². The van der Waals surface area contributed by atoms with E-state index in [0.717, 1.165) is 25.0 Å². The van der Waals surface area contributed by atoms with Gasteiger partial charge in [-0.25, -0.2) is 0 Å². The molecule has 8 nitrogen and oxygen atoms in total. The highest BCUT2D eigenvalue weighted by molar-refractivity contribution is 7.86. The number of alkyl halides is 3. The van der Waals surface area contributed by atoms with Gasteiger partial charge in [0, 0.05) is 28.7 Å². The number of likely N-dealkylation sites (tertiary alicyclic amines) is 1. The molecular weight excluding hydrogens is 473 g/mol. The van der Waals surface area contributed by atoms with Crippen LogP contribution in [0.2, 0.25) is 0 Å². The number of halogens is 3. The van der Waals surface area contributed by atoms with Crippen LogP contribution in [0.15, 0.2) is 35.2 Å². The van der Waals surface area contributed by atoms with Crippen LogP contribution in [0, 0.1) is 0 Å². The van der Waals surface area contributed by atoms with Crippen LogP contribution < -0.4 is 10.1 Å². The molecule has 1 aliphatic rings. The van der Waals surface area contributed by atoms with Crippen LogP contribution in [-0.4, -0.2) is 61.2 Å². The second-order valence-electron chi connectivity index (χ2n) is 9.58. The van der Waals surface area contributed by atoms with Gasteiger partial charge in [0.1, 0.15) is 11.6 Å². The van der Waals surface area contributed by atoms with Crippen LogP contribution in [0.4, 0.5) is 19.0 Å². The first-order chi connectivity index (χ1) is 15.5. The van der Waals surface area contributed by atoms with E-state index >= 15 is 0 Å². The molecule has 0 spiro atoms. The highest BCUT2D eigenvalue weighted by Crippen LogP contribution is 2.38. The molecule has 12 heteroatoms. The Hall–Kier alpha value is -2.44. The smallest absolute Gasteiger partial charge is 0.496 e. The fraction of sp³-hybridized carbons (Fsp3) is 0.545. The lowest BCUT2D eigenvalue weighted by atomic mass is 9.77. The van der Waals surface area contributed by atoms with E-state index < -0.39 is 21.4 Å². The maximum absolute atomic E-state index is 12.4. The first-order valence-electron chi connectivity index (χ1n) is 10.6. The summed E-state index contributed by atoms with van der Waals surface area (Å²) in [5.41, 5.74) is 0.733. The largest absolute Gasteiger partial charge is 0.537 e. The third-order valence-electron chi connectivity index (χ3n) is 6.27. The van der Waals surface area contributed by atoms with E-state index in [4.69, 9.17) is 4.74 Å². The number of nitrogens with zero attached hydrogens (tertiary/aromatic N) is 3. The molecule has 0 amide bonds. The van der Waals surface area contributed by atoms with Crippen LogP contribution in [0.1, 0.15) is 40.5 Å². The molecule has 1 aliphatic heterocycles. The Morgan fingerprint density at radius 2 is 1.68 bits per heavy atom. The van der Waals surface area contributed by atoms with Crippen LogP contribution in [0.5, 0.6) is 5.75 Å². The van der Waals surface area contributed by atoms with Crippen molar-refractivity contribution in [3.63, 3.8) is 0 Å². The normalized spacial score (nSPS) is 19.1. The number of hydrogen-bond donors (Lipinski definition) is 1. The Kier molecular flexibility index (Phi) is 6.90. The molecule has 1 fully saturated rings. The molecule has 2 aromatic rings. The number of hydrogen-bond acceptors (Lipinski definition) is 8. The Labute approximate surface area is 197 Å². The minimum Gasteiger partial charge on any atom is -0.496 e. The number of rotatable bonds is 6. The Morgan fingerprint density at radius 3 is 2.18 bits per heavy atom. The van der Waals surface area contributed by atoms with Gasteiger partial charge in [-0.2, -0.15) is 12.6 Å². The van der Waals surface area contributed by atoms with Crippen LogP contribution in [0.3, 0.4) is 0 Å². The molecule has 1 saturated heterocycles. The number of anilines is 1. The Morgan fingerprint density at radius 1 is 1.06 bits per heavy atom. The summed E-state index contributed by atoms with van der Waals surface area (Å²) in [4.78, 5) is 1.69. The molecule has 1 N–H and O–H groups in total. The fourth-order valence-electron chi connectivity index (χ4n) is 4.45. The first-order valence-corrected chi connectivity index (χ1v) is 12.0. The molecule has 34 heavy (non-hydrogen) atoms. The van der Waals surface area contributed by atoms with Gasteiger partial charge < -0.3 is 10.1 Å². The van der Waals surface area contributed by atoms with Crippen molar-refractivity contribution in [2.45, 2.75) is 68.9 Å². The van der Waals surface area contributed by atoms with Gasteiger partial charge in [0.25, 0.3) is 0 Å². The minimum absolute atomic E-state index is 0.00192. The molecule has 0 bridgehead atoms. The van der Waals surface area contributed by atoms with Gasteiger partial charge in [-0.05, 0) is 71.8 Å². The molecule has 0 aliphatic carbocycles. The number of methoxy groups -OCH3 is 1. The summed E-state index contributed by atoms with van der Waals surface area (Å²) in [5, 5.41) is 11.9. The summed E-state index contributed by atoms with van der Waals surface area (Å²) in [7, 11) is -1.65. The zero-order valence-electron chi connectivity index (χ0n) is 19.9. The fourth-order valence-corrected chi connectivity index (χ4v) is 5.28. The van der Waals surface area contributed by atoms with E-state index in [1.54, 1.807) is 12.1 Å². The number of aromatic nitrogens is 2. The summed E-state index contributed by atoms with van der Waals surface area (Å²) in [5.74, 6) is 0.599. The number of nitrogens with one attached hydrogen (secondary N) is 1. The van der Waals surface area contributed by atoms with Crippen molar-refractivity contribution in [2.75, 3.05) is 19.5 Å². The predicted molar refractivity (Wildman–Crippen MR) is 121 cm³/mol. The van der Waals surface area contributed by atoms with Crippen molar-refractivity contribution in [3.8, 4) is 17.0 Å². The maximum atomic E-state index is 12.4. The molecular formula is C22H29F3N4O4S. The number of piperidine rings is 1. The van der Waals surface area contributed by atoms with E-state index in [1.165, 1.54) is 13.2 Å². The second kappa shape index (κ2) is 8.97. The van der Waals surface area contributed by atoms with Gasteiger partial charge in [0.05, 0.1) is 17.7 Å². The van der Waals surface area contributed by atoms with Crippen molar-refractivity contribution in [2.24, 2.45) is 0 Å². The standard InChI is InChI=1S/C22H29F3N4O4S/c1-20(2)12-14(13-21(3,4)29(20)5)26-19-10-9-17(27-28-19)16-8-7-15(11-18(16)32-6)34(30,31)33-22(23,24)25/h7-11,14H,12-13H2,1-6H3,(H,26,28). The van der Waals surface area contributed by atoms with E-state index in [2.05, 4.69) is 59.3 Å². The van der Waals surface area contributed by atoms with Gasteiger partial charge in [-0.15, -0.1) is 23.4 Å². The van der Waals surface area contributed by atoms with Gasteiger partial charge in [-0.1, -0.05) is 0 Å². The molecule has 3 rings (SSSR count). The Balaban J connectivity index is 1.81. The number of ether oxygens (including phenoxy) is 1. The van der Waals surface area contributed by atoms with Crippen molar-refractivity contribution >= 4 is 15.9 Å². The second-order valence-corrected chi connectivity index (χ2v) is 11.1. The zero-order chi connectivity index (χ0) is 25.5. The topological polar surface area (TPSA) is 93.7 Å². The minimum atomic E-state index is -5.34. The summed E-state index contributed by atoms with van der Waals surface area (Å²) >= 11 is 0. The van der Waals surface area contributed by atoms with Crippen molar-refractivity contribution in [3.05, 3.63) is 30.3 Å². The van der Waals surface area contributed by atoms with Gasteiger partial charge >= 0.3 is 16.5 Å². The van der Waals surface area contributed by atoms with Crippen molar-refractivity contribution in [1.82, 2.24) is 15.1 Å². The third-order valence-corrected chi connectivity index (χ3v) is 7.51. The first kappa shape index (κ1) is 26.2. The van der Waals surface area contributed by atoms with Gasteiger partial charge in [0.2, 0.25) is 0 Å². The maximum Gasteiger partial charge on any atom is 0.537 e.